The van der Waals surface area contributed by atoms with Crippen LogP contribution in [-0.4, -0.2) is 63.3 Å². The molecule has 0 saturated carbocycles. The summed E-state index contributed by atoms with van der Waals surface area (Å²) in [5.74, 6) is -0.644. The molecular formula is C31H33Cl2N3O5S. The van der Waals surface area contributed by atoms with E-state index in [0.717, 1.165) is 60.2 Å². The number of rotatable bonds is 11. The van der Waals surface area contributed by atoms with Crippen molar-refractivity contribution in [1.82, 2.24) is 9.47 Å². The zero-order chi connectivity index (χ0) is 29.7. The number of carbonyl (C=O) groups is 1. The fourth-order valence-electron chi connectivity index (χ4n) is 4.90. The van der Waals surface area contributed by atoms with Crippen LogP contribution < -0.4 is 4.31 Å². The van der Waals surface area contributed by atoms with Gasteiger partial charge in [0.2, 0.25) is 0 Å². The summed E-state index contributed by atoms with van der Waals surface area (Å²) in [6.45, 7) is 5.98. The van der Waals surface area contributed by atoms with Gasteiger partial charge in [-0.2, -0.15) is 0 Å². The van der Waals surface area contributed by atoms with Gasteiger partial charge in [-0.05, 0) is 66.6 Å². The molecule has 4 aromatic rings. The third kappa shape index (κ3) is 7.10. The number of sulfonamides is 1. The van der Waals surface area contributed by atoms with Crippen molar-refractivity contribution in [3.8, 4) is 5.69 Å². The number of fused-ring (bicyclic) bond motifs is 1. The predicted molar refractivity (Wildman–Crippen MR) is 166 cm³/mol. The molecule has 8 nitrogen and oxygen atoms in total. The molecule has 1 aliphatic heterocycles. The van der Waals surface area contributed by atoms with Crippen molar-refractivity contribution in [3.05, 3.63) is 88.5 Å². The molecule has 1 aliphatic rings. The highest BCUT2D eigenvalue weighted by Crippen LogP contribution is 2.31. The van der Waals surface area contributed by atoms with Crippen LogP contribution in [0.1, 0.15) is 25.3 Å². The Balaban J connectivity index is 1.44. The quantitative estimate of drug-likeness (QED) is 0.143. The van der Waals surface area contributed by atoms with Crippen LogP contribution in [0.3, 0.4) is 0 Å². The number of unbranched alkanes of at least 4 members (excludes halogenated alkanes) is 1. The van der Waals surface area contributed by atoms with E-state index in [1.54, 1.807) is 12.1 Å². The molecule has 0 amide bonds. The van der Waals surface area contributed by atoms with Gasteiger partial charge in [0.15, 0.2) is 0 Å². The van der Waals surface area contributed by atoms with E-state index in [2.05, 4.69) is 29.2 Å². The third-order valence-electron chi connectivity index (χ3n) is 7.14. The lowest BCUT2D eigenvalue weighted by Gasteiger charge is -2.26. The molecule has 5 rings (SSSR count). The van der Waals surface area contributed by atoms with Crippen LogP contribution >= 0.6 is 23.2 Å². The smallest absolute Gasteiger partial charge is 0.326 e. The van der Waals surface area contributed by atoms with E-state index in [1.807, 2.05) is 29.8 Å². The molecule has 0 atom stereocenters. The number of hydrogen-bond donors (Lipinski definition) is 0. The fraction of sp³-hybridized carbons (Fsp3) is 0.323. The standard InChI is InChI=1S/C31H33Cl2N3O5S/c1-2-3-14-41-31(37)22-36(42(38,39)29-19-25(32)18-26(33)20-29)28-8-9-30-24(17-28)10-11-35(30)27-6-4-23(5-7-27)21-34-12-15-40-16-13-34/h4-11,17-20H,2-3,12-16,21-22H2,1H3. The number of morpholine rings is 1. The number of ether oxygens (including phenoxy) is 2. The van der Waals surface area contributed by atoms with Crippen molar-refractivity contribution >= 4 is 55.8 Å². The maximum absolute atomic E-state index is 13.8. The highest BCUT2D eigenvalue weighted by Gasteiger charge is 2.29. The average Bonchev–Trinajstić information content (AvgIpc) is 3.40. The number of nitrogens with zero attached hydrogens (tertiary/aromatic N) is 3. The van der Waals surface area contributed by atoms with Gasteiger partial charge in [0.1, 0.15) is 6.54 Å². The number of carbonyl (C=O) groups excluding carboxylic acids is 1. The molecule has 0 spiro atoms. The first-order valence-electron chi connectivity index (χ1n) is 13.9. The number of halogens is 2. The lowest BCUT2D eigenvalue weighted by molar-refractivity contribution is -0.141. The van der Waals surface area contributed by atoms with Crippen molar-refractivity contribution in [2.24, 2.45) is 0 Å². The summed E-state index contributed by atoms with van der Waals surface area (Å²) >= 11 is 12.3. The molecule has 0 radical (unpaired) electrons. The van der Waals surface area contributed by atoms with Crippen LogP contribution in [0.25, 0.3) is 16.6 Å². The van der Waals surface area contributed by atoms with Gasteiger partial charge in [-0.1, -0.05) is 48.7 Å². The molecule has 0 bridgehead atoms. The minimum Gasteiger partial charge on any atom is -0.464 e. The predicted octanol–water partition coefficient (Wildman–Crippen LogP) is 6.31. The molecule has 42 heavy (non-hydrogen) atoms. The first kappa shape index (κ1) is 30.4. The van der Waals surface area contributed by atoms with Crippen molar-refractivity contribution < 1.29 is 22.7 Å². The first-order chi connectivity index (χ1) is 20.2. The van der Waals surface area contributed by atoms with E-state index in [4.69, 9.17) is 32.7 Å². The molecule has 222 valence electrons. The highest BCUT2D eigenvalue weighted by molar-refractivity contribution is 7.92. The number of benzene rings is 3. The highest BCUT2D eigenvalue weighted by atomic mass is 35.5. The second kappa shape index (κ2) is 13.5. The Morgan fingerprint density at radius 3 is 2.38 bits per heavy atom. The Morgan fingerprint density at radius 1 is 0.976 bits per heavy atom. The van der Waals surface area contributed by atoms with Crippen molar-refractivity contribution in [1.29, 1.82) is 0 Å². The Kier molecular flexibility index (Phi) is 9.75. The fourth-order valence-corrected chi connectivity index (χ4v) is 7.03. The molecule has 0 aliphatic carbocycles. The molecule has 11 heteroatoms. The summed E-state index contributed by atoms with van der Waals surface area (Å²) in [4.78, 5) is 15.0. The van der Waals surface area contributed by atoms with Gasteiger partial charge in [0.25, 0.3) is 10.0 Å². The first-order valence-corrected chi connectivity index (χ1v) is 16.1. The second-order valence-corrected chi connectivity index (χ2v) is 12.9. The van der Waals surface area contributed by atoms with E-state index < -0.39 is 22.5 Å². The minimum atomic E-state index is -4.21. The Hall–Kier alpha value is -3.08. The zero-order valence-electron chi connectivity index (χ0n) is 23.3. The van der Waals surface area contributed by atoms with Gasteiger partial charge in [0, 0.05) is 46.9 Å². The molecule has 3 aromatic carbocycles. The van der Waals surface area contributed by atoms with Gasteiger partial charge in [-0.15, -0.1) is 0 Å². The van der Waals surface area contributed by atoms with E-state index in [1.165, 1.54) is 23.8 Å². The van der Waals surface area contributed by atoms with Crippen molar-refractivity contribution in [3.63, 3.8) is 0 Å². The maximum atomic E-state index is 13.8. The van der Waals surface area contributed by atoms with Gasteiger partial charge in [0.05, 0.1) is 35.9 Å². The number of esters is 1. The summed E-state index contributed by atoms with van der Waals surface area (Å²) < 4.78 is 41.5. The van der Waals surface area contributed by atoms with Crippen LogP contribution in [0.4, 0.5) is 5.69 Å². The van der Waals surface area contributed by atoms with Gasteiger partial charge in [-0.3, -0.25) is 14.0 Å². The second-order valence-electron chi connectivity index (χ2n) is 10.2. The summed E-state index contributed by atoms with van der Waals surface area (Å²) in [5, 5.41) is 1.17. The number of aromatic nitrogens is 1. The topological polar surface area (TPSA) is 81.1 Å². The molecule has 0 unspecified atom stereocenters. The van der Waals surface area contributed by atoms with Crippen LogP contribution in [0.15, 0.2) is 77.8 Å². The Bertz CT molecular complexity index is 1630. The molecular weight excluding hydrogens is 597 g/mol. The molecule has 1 saturated heterocycles. The van der Waals surface area contributed by atoms with E-state index in [9.17, 15) is 13.2 Å². The third-order valence-corrected chi connectivity index (χ3v) is 9.33. The Labute approximate surface area is 256 Å². The van der Waals surface area contributed by atoms with E-state index in [0.29, 0.717) is 12.1 Å². The lowest BCUT2D eigenvalue weighted by Crippen LogP contribution is -2.36. The van der Waals surface area contributed by atoms with Gasteiger partial charge < -0.3 is 14.0 Å². The van der Waals surface area contributed by atoms with Crippen molar-refractivity contribution in [2.45, 2.75) is 31.2 Å². The summed E-state index contributed by atoms with van der Waals surface area (Å²) in [6, 6.07) is 19.7. The largest absolute Gasteiger partial charge is 0.464 e. The summed E-state index contributed by atoms with van der Waals surface area (Å²) in [5.41, 5.74) is 3.44. The van der Waals surface area contributed by atoms with Crippen LogP contribution in [0.2, 0.25) is 10.0 Å². The number of hydrogen-bond acceptors (Lipinski definition) is 6. The average molecular weight is 631 g/mol. The monoisotopic (exact) mass is 629 g/mol. The zero-order valence-corrected chi connectivity index (χ0v) is 25.7. The molecule has 2 heterocycles. The normalized spacial score (nSPS) is 14.3. The van der Waals surface area contributed by atoms with E-state index in [-0.39, 0.29) is 21.5 Å². The van der Waals surface area contributed by atoms with Gasteiger partial charge in [-0.25, -0.2) is 8.42 Å². The van der Waals surface area contributed by atoms with Crippen LogP contribution in [0, 0.1) is 0 Å². The summed E-state index contributed by atoms with van der Waals surface area (Å²) in [7, 11) is -4.21. The molecule has 0 N–H and O–H groups in total. The van der Waals surface area contributed by atoms with Crippen molar-refractivity contribution in [2.75, 3.05) is 43.8 Å². The number of anilines is 1. The van der Waals surface area contributed by atoms with Gasteiger partial charge >= 0.3 is 5.97 Å². The summed E-state index contributed by atoms with van der Waals surface area (Å²) in [6.07, 6.45) is 3.48. The Morgan fingerprint density at radius 2 is 1.69 bits per heavy atom. The van der Waals surface area contributed by atoms with Crippen LogP contribution in [0.5, 0.6) is 0 Å². The van der Waals surface area contributed by atoms with E-state index >= 15 is 0 Å². The minimum absolute atomic E-state index is 0.115. The molecule has 1 aromatic heterocycles. The maximum Gasteiger partial charge on any atom is 0.326 e. The SMILES string of the molecule is CCCCOC(=O)CN(c1ccc2c(ccn2-c2ccc(CN3CCOCC3)cc2)c1)S(=O)(=O)c1cc(Cl)cc(Cl)c1. The van der Waals surface area contributed by atoms with Crippen LogP contribution in [-0.2, 0) is 30.8 Å². The molecule has 1 fully saturated rings. The lowest BCUT2D eigenvalue weighted by atomic mass is 10.2.